The molecule has 5 aromatic carbocycles. The average Bonchev–Trinajstić information content (AvgIpc) is 3.31. The standard InChI is InChI=1S/C35H26N2S2/c1-2-11-28(12-3-1)37(30-23-19-27(20-24-30)35-36-31-13-5-7-15-34(31)39-35)29-21-17-26(18-22-29)33-16-8-10-25-9-4-6-14-32(25)38-33/h1-7,9,11-24H,8,10H2. The minimum atomic E-state index is 1.05. The molecule has 0 saturated heterocycles. The molecule has 2 nitrogen and oxygen atoms in total. The summed E-state index contributed by atoms with van der Waals surface area (Å²) in [5.74, 6) is 0. The van der Waals surface area contributed by atoms with Gasteiger partial charge >= 0.3 is 0 Å². The number of rotatable bonds is 5. The molecule has 1 aliphatic heterocycles. The van der Waals surface area contributed by atoms with Crippen LogP contribution < -0.4 is 4.90 Å². The Bertz CT molecular complexity index is 1740. The quantitative estimate of drug-likeness (QED) is 0.217. The van der Waals surface area contributed by atoms with Crippen LogP contribution in [0.3, 0.4) is 0 Å². The Morgan fingerprint density at radius 1 is 0.590 bits per heavy atom. The molecule has 0 spiro atoms. The van der Waals surface area contributed by atoms with E-state index >= 15 is 0 Å². The topological polar surface area (TPSA) is 16.1 Å². The first-order valence-electron chi connectivity index (χ1n) is 13.2. The molecule has 0 N–H and O–H groups in total. The summed E-state index contributed by atoms with van der Waals surface area (Å²) in [4.78, 5) is 9.86. The first-order chi connectivity index (χ1) is 19.3. The summed E-state index contributed by atoms with van der Waals surface area (Å²) in [6.07, 6.45) is 4.55. The molecule has 0 bridgehead atoms. The van der Waals surface area contributed by atoms with E-state index in [-0.39, 0.29) is 0 Å². The first-order valence-corrected chi connectivity index (χ1v) is 14.8. The summed E-state index contributed by atoms with van der Waals surface area (Å²) < 4.78 is 1.22. The molecule has 7 rings (SSSR count). The largest absolute Gasteiger partial charge is 0.311 e. The monoisotopic (exact) mass is 538 g/mol. The third-order valence-corrected chi connectivity index (χ3v) is 9.35. The molecule has 0 radical (unpaired) electrons. The fraction of sp³-hybridized carbons (Fsp3) is 0.0571. The molecule has 0 amide bonds. The molecule has 1 aromatic heterocycles. The summed E-state index contributed by atoms with van der Waals surface area (Å²) in [6.45, 7) is 0. The van der Waals surface area contributed by atoms with Gasteiger partial charge in [-0.15, -0.1) is 11.3 Å². The van der Waals surface area contributed by atoms with E-state index in [1.54, 1.807) is 11.3 Å². The van der Waals surface area contributed by atoms with Gasteiger partial charge in [-0.05, 0) is 90.7 Å². The maximum absolute atomic E-state index is 4.85. The van der Waals surface area contributed by atoms with Gasteiger partial charge in [0.25, 0.3) is 0 Å². The number of benzene rings is 5. The minimum absolute atomic E-state index is 1.05. The Morgan fingerprint density at radius 3 is 2.00 bits per heavy atom. The number of nitrogens with zero attached hydrogens (tertiary/aromatic N) is 2. The van der Waals surface area contributed by atoms with Gasteiger partial charge in [-0.2, -0.15) is 0 Å². The molecular weight excluding hydrogens is 513 g/mol. The van der Waals surface area contributed by atoms with E-state index in [9.17, 15) is 0 Å². The van der Waals surface area contributed by atoms with Gasteiger partial charge in [0.15, 0.2) is 0 Å². The van der Waals surface area contributed by atoms with Crippen molar-refractivity contribution in [3.63, 3.8) is 0 Å². The molecule has 2 heterocycles. The number of thiazole rings is 1. The van der Waals surface area contributed by atoms with E-state index in [0.717, 1.165) is 46.0 Å². The second-order valence-corrected chi connectivity index (χ2v) is 11.7. The van der Waals surface area contributed by atoms with E-state index < -0.39 is 0 Å². The molecule has 188 valence electrons. The van der Waals surface area contributed by atoms with Crippen molar-refractivity contribution in [3.05, 3.63) is 145 Å². The van der Waals surface area contributed by atoms with E-state index in [2.05, 4.69) is 132 Å². The number of para-hydroxylation sites is 2. The zero-order valence-electron chi connectivity index (χ0n) is 21.3. The number of hydrogen-bond acceptors (Lipinski definition) is 4. The molecular formula is C35H26N2S2. The lowest BCUT2D eigenvalue weighted by Crippen LogP contribution is -2.09. The number of fused-ring (bicyclic) bond motifs is 2. The van der Waals surface area contributed by atoms with Crippen molar-refractivity contribution in [3.8, 4) is 10.6 Å². The van der Waals surface area contributed by atoms with Crippen LogP contribution in [0.25, 0.3) is 25.7 Å². The maximum Gasteiger partial charge on any atom is 0.124 e. The van der Waals surface area contributed by atoms with E-state index in [0.29, 0.717) is 0 Å². The number of allylic oxidation sites excluding steroid dienone is 1. The Kier molecular flexibility index (Phi) is 6.49. The van der Waals surface area contributed by atoms with Gasteiger partial charge < -0.3 is 4.90 Å². The van der Waals surface area contributed by atoms with Crippen molar-refractivity contribution >= 4 is 55.3 Å². The predicted molar refractivity (Wildman–Crippen MR) is 168 cm³/mol. The molecule has 0 aliphatic carbocycles. The number of aryl methyl sites for hydroxylation is 1. The molecule has 1 aliphatic rings. The molecule has 0 fully saturated rings. The number of thioether (sulfide) groups is 1. The van der Waals surface area contributed by atoms with Gasteiger partial charge in [0.1, 0.15) is 5.01 Å². The number of aromatic nitrogens is 1. The van der Waals surface area contributed by atoms with Crippen molar-refractivity contribution in [2.75, 3.05) is 4.90 Å². The normalized spacial score (nSPS) is 13.0. The maximum atomic E-state index is 4.85. The first kappa shape index (κ1) is 24.0. The Labute approximate surface area is 237 Å². The second-order valence-electron chi connectivity index (χ2n) is 9.57. The smallest absolute Gasteiger partial charge is 0.124 e. The summed E-state index contributed by atoms with van der Waals surface area (Å²) >= 11 is 3.62. The van der Waals surface area contributed by atoms with Crippen molar-refractivity contribution < 1.29 is 0 Å². The molecule has 6 aromatic rings. The van der Waals surface area contributed by atoms with E-state index in [4.69, 9.17) is 4.98 Å². The van der Waals surface area contributed by atoms with E-state index in [1.165, 1.54) is 25.6 Å². The summed E-state index contributed by atoms with van der Waals surface area (Å²) in [5.41, 5.74) is 8.29. The third-order valence-electron chi connectivity index (χ3n) is 7.03. The van der Waals surface area contributed by atoms with Crippen molar-refractivity contribution in [1.29, 1.82) is 0 Å². The number of hydrogen-bond donors (Lipinski definition) is 0. The highest BCUT2D eigenvalue weighted by Crippen LogP contribution is 2.41. The number of anilines is 3. The van der Waals surface area contributed by atoms with Crippen LogP contribution in [0.2, 0.25) is 0 Å². The van der Waals surface area contributed by atoms with Crippen LogP contribution in [0.4, 0.5) is 17.1 Å². The van der Waals surface area contributed by atoms with Crippen LogP contribution in [0.5, 0.6) is 0 Å². The Hall–Kier alpha value is -4.12. The lowest BCUT2D eigenvalue weighted by molar-refractivity contribution is 0.979. The van der Waals surface area contributed by atoms with Gasteiger partial charge in [0.2, 0.25) is 0 Å². The lowest BCUT2D eigenvalue weighted by Gasteiger charge is -2.26. The predicted octanol–water partition coefficient (Wildman–Crippen LogP) is 10.5. The summed E-state index contributed by atoms with van der Waals surface area (Å²) in [7, 11) is 0. The highest BCUT2D eigenvalue weighted by atomic mass is 32.2. The fourth-order valence-corrected chi connectivity index (χ4v) is 7.16. The Balaban J connectivity index is 1.21. The highest BCUT2D eigenvalue weighted by molar-refractivity contribution is 8.08. The SMILES string of the molecule is C1=C(c2ccc(N(c3ccccc3)c3ccc(-c4nc5ccccc5s4)cc3)cc2)Sc2ccccc2CC1. The third kappa shape index (κ3) is 4.89. The highest BCUT2D eigenvalue weighted by Gasteiger charge is 2.16. The molecule has 0 unspecified atom stereocenters. The summed E-state index contributed by atoms with van der Waals surface area (Å²) in [5, 5.41) is 1.05. The molecule has 0 saturated carbocycles. The van der Waals surface area contributed by atoms with Crippen molar-refractivity contribution in [2.45, 2.75) is 17.7 Å². The molecule has 0 atom stereocenters. The van der Waals surface area contributed by atoms with Crippen molar-refractivity contribution in [1.82, 2.24) is 4.98 Å². The fourth-order valence-electron chi connectivity index (χ4n) is 5.05. The molecule has 39 heavy (non-hydrogen) atoms. The van der Waals surface area contributed by atoms with Crippen LogP contribution >= 0.6 is 23.1 Å². The molecule has 4 heteroatoms. The second kappa shape index (κ2) is 10.6. The van der Waals surface area contributed by atoms with Gasteiger partial charge in [-0.25, -0.2) is 4.98 Å². The Morgan fingerprint density at radius 2 is 1.23 bits per heavy atom. The summed E-state index contributed by atoms with van der Waals surface area (Å²) in [6, 6.07) is 45.4. The van der Waals surface area contributed by atoms with Gasteiger partial charge in [0.05, 0.1) is 10.2 Å². The van der Waals surface area contributed by atoms with Crippen molar-refractivity contribution in [2.24, 2.45) is 0 Å². The zero-order chi connectivity index (χ0) is 26.0. The zero-order valence-corrected chi connectivity index (χ0v) is 23.0. The van der Waals surface area contributed by atoms with Crippen LogP contribution in [-0.4, -0.2) is 4.98 Å². The van der Waals surface area contributed by atoms with Crippen LogP contribution in [-0.2, 0) is 6.42 Å². The van der Waals surface area contributed by atoms with Gasteiger partial charge in [0, 0.05) is 32.4 Å². The minimum Gasteiger partial charge on any atom is -0.311 e. The average molecular weight is 539 g/mol. The van der Waals surface area contributed by atoms with Gasteiger partial charge in [-0.3, -0.25) is 0 Å². The van der Waals surface area contributed by atoms with Crippen LogP contribution in [0.1, 0.15) is 17.5 Å². The lowest BCUT2D eigenvalue weighted by atomic mass is 10.1. The van der Waals surface area contributed by atoms with Gasteiger partial charge in [-0.1, -0.05) is 78.5 Å². The van der Waals surface area contributed by atoms with Crippen LogP contribution in [0, 0.1) is 0 Å². The van der Waals surface area contributed by atoms with Crippen LogP contribution in [0.15, 0.2) is 138 Å². The van der Waals surface area contributed by atoms with E-state index in [1.807, 2.05) is 17.8 Å².